The third kappa shape index (κ3) is 5.79. The number of carbonyl (C=O) groups excluding carboxylic acids is 1. The minimum absolute atomic E-state index is 0.0420. The van der Waals surface area contributed by atoms with Crippen LogP contribution >= 0.6 is 0 Å². The molecule has 0 spiro atoms. The first kappa shape index (κ1) is 22.2. The third-order valence-corrected chi connectivity index (χ3v) is 7.29. The first-order valence-corrected chi connectivity index (χ1v) is 12.0. The lowest BCUT2D eigenvalue weighted by molar-refractivity contribution is 0.0923. The van der Waals surface area contributed by atoms with Gasteiger partial charge in [-0.05, 0) is 37.8 Å². The zero-order valence-electron chi connectivity index (χ0n) is 17.5. The average Bonchev–Trinajstić information content (AvgIpc) is 2.75. The van der Waals surface area contributed by atoms with Gasteiger partial charge in [-0.25, -0.2) is 17.7 Å². The molecule has 2 aromatic rings. The maximum atomic E-state index is 12.5. The predicted molar refractivity (Wildman–Crippen MR) is 116 cm³/mol. The van der Waals surface area contributed by atoms with E-state index in [9.17, 15) is 13.2 Å². The summed E-state index contributed by atoms with van der Waals surface area (Å²) in [5.41, 5.74) is 1.50. The lowest BCUT2D eigenvalue weighted by atomic mass is 10.1. The molecule has 2 heterocycles. The molecule has 1 amide bonds. The van der Waals surface area contributed by atoms with Crippen molar-refractivity contribution in [1.29, 1.82) is 0 Å². The molecule has 0 aliphatic carbocycles. The van der Waals surface area contributed by atoms with Gasteiger partial charge in [0.1, 0.15) is 6.10 Å². The molecule has 1 aromatic heterocycles. The highest BCUT2D eigenvalue weighted by molar-refractivity contribution is 7.89. The molecule has 8 heteroatoms. The fourth-order valence-corrected chi connectivity index (χ4v) is 5.03. The maximum absolute atomic E-state index is 12.5. The number of sulfonamides is 1. The number of rotatable bonds is 8. The average molecular weight is 432 g/mol. The van der Waals surface area contributed by atoms with E-state index >= 15 is 0 Å². The van der Waals surface area contributed by atoms with E-state index in [4.69, 9.17) is 4.74 Å². The molecule has 1 N–H and O–H groups in total. The lowest BCUT2D eigenvalue weighted by Crippen LogP contribution is -2.47. The van der Waals surface area contributed by atoms with Crippen molar-refractivity contribution in [2.24, 2.45) is 0 Å². The van der Waals surface area contributed by atoms with Crippen molar-refractivity contribution in [3.05, 3.63) is 59.8 Å². The van der Waals surface area contributed by atoms with Crippen LogP contribution in [-0.4, -0.2) is 48.5 Å². The fraction of sp³-hybridized carbons (Fsp3) is 0.455. The normalized spacial score (nSPS) is 16.7. The zero-order chi connectivity index (χ0) is 21.6. The van der Waals surface area contributed by atoms with Crippen molar-refractivity contribution < 1.29 is 17.9 Å². The SMILES string of the molecule is CCCS(=O)(=O)N1CCC(NC(=O)c2ccc(OC(C)c3ccccc3)nc2)CC1. The number of hydrogen-bond donors (Lipinski definition) is 1. The van der Waals surface area contributed by atoms with Crippen molar-refractivity contribution in [2.45, 2.75) is 45.3 Å². The zero-order valence-corrected chi connectivity index (χ0v) is 18.3. The second-order valence-electron chi connectivity index (χ2n) is 7.52. The Morgan fingerprint density at radius 1 is 1.20 bits per heavy atom. The molecule has 1 fully saturated rings. The number of nitrogens with one attached hydrogen (secondary N) is 1. The largest absolute Gasteiger partial charge is 0.470 e. The highest BCUT2D eigenvalue weighted by Crippen LogP contribution is 2.20. The van der Waals surface area contributed by atoms with Gasteiger partial charge in [-0.2, -0.15) is 0 Å². The Morgan fingerprint density at radius 3 is 2.50 bits per heavy atom. The number of hydrogen-bond acceptors (Lipinski definition) is 5. The Bertz CT molecular complexity index is 925. The summed E-state index contributed by atoms with van der Waals surface area (Å²) in [5, 5.41) is 2.98. The van der Waals surface area contributed by atoms with E-state index in [1.54, 1.807) is 12.1 Å². The van der Waals surface area contributed by atoms with Crippen molar-refractivity contribution in [3.63, 3.8) is 0 Å². The number of benzene rings is 1. The Labute approximate surface area is 178 Å². The molecule has 162 valence electrons. The topological polar surface area (TPSA) is 88.6 Å². The molecule has 1 unspecified atom stereocenters. The van der Waals surface area contributed by atoms with Crippen LogP contribution in [0.4, 0.5) is 0 Å². The van der Waals surface area contributed by atoms with E-state index in [2.05, 4.69) is 10.3 Å². The smallest absolute Gasteiger partial charge is 0.253 e. The molecule has 7 nitrogen and oxygen atoms in total. The van der Waals surface area contributed by atoms with Gasteiger partial charge in [-0.1, -0.05) is 37.3 Å². The molecule has 0 radical (unpaired) electrons. The first-order chi connectivity index (χ1) is 14.4. The number of amides is 1. The van der Waals surface area contributed by atoms with Gasteiger partial charge < -0.3 is 10.1 Å². The Hall–Kier alpha value is -2.45. The van der Waals surface area contributed by atoms with Crippen LogP contribution in [0.1, 0.15) is 55.1 Å². The van der Waals surface area contributed by atoms with Gasteiger partial charge in [-0.15, -0.1) is 0 Å². The summed E-state index contributed by atoms with van der Waals surface area (Å²) in [7, 11) is -3.18. The van der Waals surface area contributed by atoms with Crippen LogP contribution in [0.15, 0.2) is 48.7 Å². The fourth-order valence-electron chi connectivity index (χ4n) is 3.49. The lowest BCUT2D eigenvalue weighted by Gasteiger charge is -2.31. The number of aromatic nitrogens is 1. The van der Waals surface area contributed by atoms with Crippen molar-refractivity contribution in [3.8, 4) is 5.88 Å². The summed E-state index contributed by atoms with van der Waals surface area (Å²) in [6.45, 7) is 4.69. The third-order valence-electron chi connectivity index (χ3n) is 5.21. The van der Waals surface area contributed by atoms with Crippen molar-refractivity contribution in [2.75, 3.05) is 18.8 Å². The number of carbonyl (C=O) groups is 1. The van der Waals surface area contributed by atoms with Gasteiger partial charge in [0.2, 0.25) is 15.9 Å². The predicted octanol–water partition coefficient (Wildman–Crippen LogP) is 3.16. The van der Waals surface area contributed by atoms with Crippen LogP contribution in [0.3, 0.4) is 0 Å². The minimum Gasteiger partial charge on any atom is -0.470 e. The van der Waals surface area contributed by atoms with Crippen LogP contribution in [0.5, 0.6) is 5.88 Å². The van der Waals surface area contributed by atoms with Gasteiger partial charge in [-0.3, -0.25) is 4.79 Å². The summed E-state index contributed by atoms with van der Waals surface area (Å²) in [6.07, 6.45) is 3.18. The molecule has 1 aromatic carbocycles. The van der Waals surface area contributed by atoms with Gasteiger partial charge in [0.15, 0.2) is 0 Å². The summed E-state index contributed by atoms with van der Waals surface area (Å²) >= 11 is 0. The summed E-state index contributed by atoms with van der Waals surface area (Å²) in [4.78, 5) is 16.8. The van der Waals surface area contributed by atoms with Crippen molar-refractivity contribution in [1.82, 2.24) is 14.6 Å². The molecule has 1 aliphatic rings. The van der Waals surface area contributed by atoms with Crippen LogP contribution in [0, 0.1) is 0 Å². The maximum Gasteiger partial charge on any atom is 0.253 e. The second kappa shape index (κ2) is 10.0. The van der Waals surface area contributed by atoms with E-state index < -0.39 is 10.0 Å². The van der Waals surface area contributed by atoms with Gasteiger partial charge in [0.25, 0.3) is 5.91 Å². The summed E-state index contributed by atoms with van der Waals surface area (Å²) in [5.74, 6) is 0.421. The summed E-state index contributed by atoms with van der Waals surface area (Å²) < 4.78 is 31.7. The Morgan fingerprint density at radius 2 is 1.90 bits per heavy atom. The Balaban J connectivity index is 1.51. The molecule has 0 bridgehead atoms. The number of nitrogens with zero attached hydrogens (tertiary/aromatic N) is 2. The molecule has 1 atom stereocenters. The second-order valence-corrected chi connectivity index (χ2v) is 9.61. The molecule has 1 saturated heterocycles. The van der Waals surface area contributed by atoms with E-state index in [0.29, 0.717) is 43.8 Å². The molecule has 0 saturated carbocycles. The molecule has 30 heavy (non-hydrogen) atoms. The van der Waals surface area contributed by atoms with E-state index in [0.717, 1.165) is 5.56 Å². The highest BCUT2D eigenvalue weighted by atomic mass is 32.2. The molecule has 3 rings (SSSR count). The van der Waals surface area contributed by atoms with Crippen LogP contribution in [-0.2, 0) is 10.0 Å². The monoisotopic (exact) mass is 431 g/mol. The van der Waals surface area contributed by atoms with E-state index in [1.807, 2.05) is 44.2 Å². The summed E-state index contributed by atoms with van der Waals surface area (Å²) in [6, 6.07) is 13.2. The quantitative estimate of drug-likeness (QED) is 0.694. The standard InChI is InChI=1S/C22H29N3O4S/c1-3-15-30(27,28)25-13-11-20(12-14-25)24-22(26)19-9-10-21(23-16-19)29-17(2)18-7-5-4-6-8-18/h4-10,16-17,20H,3,11-15H2,1-2H3,(H,24,26). The molecule has 1 aliphatic heterocycles. The molecular weight excluding hydrogens is 402 g/mol. The number of piperidine rings is 1. The van der Waals surface area contributed by atoms with E-state index in [-0.39, 0.29) is 23.8 Å². The van der Waals surface area contributed by atoms with E-state index in [1.165, 1.54) is 10.5 Å². The minimum atomic E-state index is -3.18. The highest BCUT2D eigenvalue weighted by Gasteiger charge is 2.28. The van der Waals surface area contributed by atoms with Crippen LogP contribution in [0.25, 0.3) is 0 Å². The van der Waals surface area contributed by atoms with Crippen LogP contribution in [0.2, 0.25) is 0 Å². The molecular formula is C22H29N3O4S. The number of ether oxygens (including phenoxy) is 1. The van der Waals surface area contributed by atoms with Gasteiger partial charge >= 0.3 is 0 Å². The van der Waals surface area contributed by atoms with Crippen molar-refractivity contribution >= 4 is 15.9 Å². The number of pyridine rings is 1. The van der Waals surface area contributed by atoms with Crippen LogP contribution < -0.4 is 10.1 Å². The van der Waals surface area contributed by atoms with Gasteiger partial charge in [0.05, 0.1) is 11.3 Å². The first-order valence-electron chi connectivity index (χ1n) is 10.4. The van der Waals surface area contributed by atoms with Gasteiger partial charge in [0, 0.05) is 31.4 Å². The Kier molecular flexibility index (Phi) is 7.44.